The molecule has 4 heterocycles. The number of fused-ring (bicyclic) bond motifs is 4. The largest absolute Gasteiger partial charge is 0.441 e. The number of oxazole rings is 2. The number of sulfone groups is 1. The average molecular weight is 640 g/mol. The fraction of sp³-hybridized carbons (Fsp3) is 0.118. The molecular weight excluding hydrogens is 612 g/mol. The second-order valence-electron chi connectivity index (χ2n) is 10.9. The summed E-state index contributed by atoms with van der Waals surface area (Å²) < 4.78 is 60.2. The van der Waals surface area contributed by atoms with Crippen molar-refractivity contribution < 1.29 is 26.0 Å². The first kappa shape index (κ1) is 29.4. The number of nitrogens with zero attached hydrogens (tertiary/aromatic N) is 2. The van der Waals surface area contributed by atoms with Crippen molar-refractivity contribution >= 4 is 53.8 Å². The van der Waals surface area contributed by atoms with Gasteiger partial charge in [-0.25, -0.2) is 27.2 Å². The maximum atomic E-state index is 13.3. The molecule has 4 aromatic heterocycles. The molecule has 0 radical (unpaired) electrons. The van der Waals surface area contributed by atoms with E-state index in [1.54, 1.807) is 12.1 Å². The molecule has 0 aliphatic heterocycles. The summed E-state index contributed by atoms with van der Waals surface area (Å²) in [7, 11) is -3.07. The van der Waals surface area contributed by atoms with Crippen LogP contribution >= 0.6 is 0 Å². The van der Waals surface area contributed by atoms with Gasteiger partial charge in [0.1, 0.15) is 32.5 Å². The Morgan fingerprint density at radius 1 is 0.717 bits per heavy atom. The van der Waals surface area contributed by atoms with Gasteiger partial charge in [0.05, 0.1) is 12.3 Å². The van der Waals surface area contributed by atoms with E-state index >= 15 is 0 Å². The van der Waals surface area contributed by atoms with Crippen LogP contribution in [0.3, 0.4) is 0 Å². The van der Waals surface area contributed by atoms with Crippen molar-refractivity contribution in [2.24, 2.45) is 5.73 Å². The van der Waals surface area contributed by atoms with Gasteiger partial charge in [0, 0.05) is 58.0 Å². The second-order valence-corrected chi connectivity index (χ2v) is 13.2. The van der Waals surface area contributed by atoms with Crippen LogP contribution in [0, 0.1) is 11.6 Å². The summed E-state index contributed by atoms with van der Waals surface area (Å²) >= 11 is 0. The van der Waals surface area contributed by atoms with Crippen molar-refractivity contribution in [1.29, 1.82) is 0 Å². The van der Waals surface area contributed by atoms with E-state index in [0.717, 1.165) is 49.6 Å². The molecule has 0 spiro atoms. The van der Waals surface area contributed by atoms with E-state index in [9.17, 15) is 17.2 Å². The molecule has 0 saturated heterocycles. The highest BCUT2D eigenvalue weighted by molar-refractivity contribution is 7.90. The summed E-state index contributed by atoms with van der Waals surface area (Å²) in [4.78, 5) is 14.9. The molecule has 9 nitrogen and oxygen atoms in total. The minimum atomic E-state index is -3.07. The molecule has 0 atom stereocenters. The van der Waals surface area contributed by atoms with Crippen LogP contribution in [0.2, 0.25) is 0 Å². The fourth-order valence-electron chi connectivity index (χ4n) is 5.43. The molecule has 0 aliphatic rings. The topological polar surface area (TPSA) is 144 Å². The minimum absolute atomic E-state index is 0.000686. The molecule has 0 fully saturated rings. The van der Waals surface area contributed by atoms with Crippen LogP contribution < -0.4 is 5.73 Å². The van der Waals surface area contributed by atoms with E-state index in [2.05, 4.69) is 19.9 Å². The fourth-order valence-corrected chi connectivity index (χ4v) is 5.97. The number of benzene rings is 4. The molecule has 0 amide bonds. The van der Waals surface area contributed by atoms with E-state index in [1.807, 2.05) is 48.8 Å². The number of H-pyrrole nitrogens is 2. The van der Waals surface area contributed by atoms with Gasteiger partial charge in [-0.3, -0.25) is 0 Å². The third kappa shape index (κ3) is 5.87. The number of aromatic amines is 2. The van der Waals surface area contributed by atoms with Crippen molar-refractivity contribution in [3.63, 3.8) is 0 Å². The van der Waals surface area contributed by atoms with Gasteiger partial charge in [0.15, 0.2) is 17.1 Å². The molecule has 0 saturated carbocycles. The lowest BCUT2D eigenvalue weighted by atomic mass is 10.0. The normalized spacial score (nSPS) is 11.9. The zero-order chi connectivity index (χ0) is 32.0. The van der Waals surface area contributed by atoms with Crippen molar-refractivity contribution in [3.05, 3.63) is 109 Å². The lowest BCUT2D eigenvalue weighted by molar-refractivity contribution is 0.533. The molecule has 4 N–H and O–H groups in total. The maximum absolute atomic E-state index is 13.3. The predicted octanol–water partition coefficient (Wildman–Crippen LogP) is 7.28. The Morgan fingerprint density at radius 3 is 1.72 bits per heavy atom. The van der Waals surface area contributed by atoms with E-state index < -0.39 is 9.84 Å². The molecule has 0 bridgehead atoms. The maximum Gasteiger partial charge on any atom is 0.209 e. The van der Waals surface area contributed by atoms with Crippen LogP contribution in [0.25, 0.3) is 66.3 Å². The molecular formula is C34H27F2N5O4S. The molecule has 12 heteroatoms. The molecule has 0 unspecified atom stereocenters. The number of hydrogen-bond donors (Lipinski definition) is 3. The van der Waals surface area contributed by atoms with Gasteiger partial charge < -0.3 is 24.5 Å². The number of halogens is 2. The van der Waals surface area contributed by atoms with Gasteiger partial charge >= 0.3 is 0 Å². The van der Waals surface area contributed by atoms with Crippen LogP contribution in [0.5, 0.6) is 0 Å². The van der Waals surface area contributed by atoms with Crippen LogP contribution in [0.1, 0.15) is 11.8 Å². The van der Waals surface area contributed by atoms with Crippen LogP contribution in [0.15, 0.2) is 94.0 Å². The summed E-state index contributed by atoms with van der Waals surface area (Å²) in [5.74, 6) is 0.376. The molecule has 8 rings (SSSR count). The zero-order valence-corrected chi connectivity index (χ0v) is 25.3. The molecule has 232 valence electrons. The van der Waals surface area contributed by atoms with Crippen LogP contribution in [-0.2, 0) is 22.8 Å². The van der Waals surface area contributed by atoms with Gasteiger partial charge in [0.2, 0.25) is 5.89 Å². The summed E-state index contributed by atoms with van der Waals surface area (Å²) in [5, 5.41) is 1.89. The van der Waals surface area contributed by atoms with Crippen molar-refractivity contribution in [2.45, 2.75) is 13.0 Å². The van der Waals surface area contributed by atoms with Gasteiger partial charge in [-0.05, 0) is 71.8 Å². The minimum Gasteiger partial charge on any atom is -0.441 e. The van der Waals surface area contributed by atoms with Crippen LogP contribution in [0.4, 0.5) is 8.78 Å². The molecule has 4 aromatic carbocycles. The van der Waals surface area contributed by atoms with Crippen LogP contribution in [-0.4, -0.2) is 40.4 Å². The Balaban J connectivity index is 0.000000149. The zero-order valence-electron chi connectivity index (χ0n) is 24.5. The lowest BCUT2D eigenvalue weighted by Gasteiger charge is -1.99. The summed E-state index contributed by atoms with van der Waals surface area (Å²) in [5.41, 5.74) is 13.7. The average Bonchev–Trinajstić information content (AvgIpc) is 3.82. The second kappa shape index (κ2) is 11.5. The first-order valence-electron chi connectivity index (χ1n) is 14.3. The Labute approximate surface area is 261 Å². The van der Waals surface area contributed by atoms with E-state index in [4.69, 9.17) is 14.6 Å². The Morgan fingerprint density at radius 2 is 1.22 bits per heavy atom. The number of nitrogens with two attached hydrogens (primary N) is 1. The summed E-state index contributed by atoms with van der Waals surface area (Å²) in [6, 6.07) is 20.7. The highest BCUT2D eigenvalue weighted by Gasteiger charge is 2.13. The number of nitrogens with one attached hydrogen (secondary N) is 2. The summed E-state index contributed by atoms with van der Waals surface area (Å²) in [6.45, 7) is 0.274. The number of rotatable bonds is 6. The third-order valence-corrected chi connectivity index (χ3v) is 8.58. The van der Waals surface area contributed by atoms with Crippen molar-refractivity contribution in [2.75, 3.05) is 12.0 Å². The van der Waals surface area contributed by atoms with Gasteiger partial charge in [-0.1, -0.05) is 12.1 Å². The first-order valence-corrected chi connectivity index (χ1v) is 16.4. The van der Waals surface area contributed by atoms with E-state index in [1.165, 1.54) is 30.5 Å². The standard InChI is InChI=1S/C18H15FN2O3S.C16H12FN3O/c1-25(22,23)7-6-18-21-16-8-11(2-5-17(16)24-18)14-10-20-15-9-12(19)3-4-13(14)15;17-10-2-3-11-12(8-19-13(11)6-10)9-1-4-15-14(5-9)20-16(7-18)21-15/h2-5,8-10,20H,6-7H2,1H3;1-6,8,19H,7,18H2. The monoisotopic (exact) mass is 639 g/mol. The quantitative estimate of drug-likeness (QED) is 0.173. The molecule has 8 aromatic rings. The Hall–Kier alpha value is -5.33. The van der Waals surface area contributed by atoms with Gasteiger partial charge in [-0.15, -0.1) is 0 Å². The highest BCUT2D eigenvalue weighted by Crippen LogP contribution is 2.32. The highest BCUT2D eigenvalue weighted by atomic mass is 32.2. The van der Waals surface area contributed by atoms with Crippen molar-refractivity contribution in [3.8, 4) is 22.3 Å². The van der Waals surface area contributed by atoms with E-state index in [-0.39, 0.29) is 30.4 Å². The van der Waals surface area contributed by atoms with Gasteiger partial charge in [0.25, 0.3) is 0 Å². The van der Waals surface area contributed by atoms with Crippen molar-refractivity contribution in [1.82, 2.24) is 19.9 Å². The third-order valence-electron chi connectivity index (χ3n) is 7.63. The predicted molar refractivity (Wildman–Crippen MR) is 174 cm³/mol. The van der Waals surface area contributed by atoms with E-state index in [0.29, 0.717) is 28.5 Å². The summed E-state index contributed by atoms with van der Waals surface area (Å²) in [6.07, 6.45) is 5.13. The number of aryl methyl sites for hydroxylation is 1. The lowest BCUT2D eigenvalue weighted by Crippen LogP contribution is -2.05. The first-order chi connectivity index (χ1) is 22.1. The number of hydrogen-bond acceptors (Lipinski definition) is 7. The smallest absolute Gasteiger partial charge is 0.209 e. The molecule has 0 aliphatic carbocycles. The SMILES string of the molecule is CS(=O)(=O)CCc1nc2cc(-c3c[nH]c4cc(F)ccc34)ccc2o1.NCc1nc2cc(-c3c[nH]c4cc(F)ccc34)ccc2o1. The Kier molecular flexibility index (Phi) is 7.38. The van der Waals surface area contributed by atoms with Gasteiger partial charge in [-0.2, -0.15) is 0 Å². The number of aromatic nitrogens is 4. The molecule has 46 heavy (non-hydrogen) atoms. The Bertz CT molecular complexity index is 2490.